The average molecular weight is 475 g/mol. The Labute approximate surface area is 196 Å². The van der Waals surface area contributed by atoms with Crippen molar-refractivity contribution in [1.29, 1.82) is 0 Å². The van der Waals surface area contributed by atoms with Gasteiger partial charge in [0, 0.05) is 45.4 Å². The second kappa shape index (κ2) is 10.5. The lowest BCUT2D eigenvalue weighted by atomic mass is 9.87. The van der Waals surface area contributed by atoms with E-state index in [0.29, 0.717) is 24.4 Å². The van der Waals surface area contributed by atoms with Gasteiger partial charge in [0.05, 0.1) is 22.9 Å². The van der Waals surface area contributed by atoms with E-state index < -0.39 is 10.0 Å². The highest BCUT2D eigenvalue weighted by Gasteiger charge is 2.22. The van der Waals surface area contributed by atoms with Crippen LogP contribution in [0.5, 0.6) is 0 Å². The smallest absolute Gasteiger partial charge is 0.261 e. The molecule has 2 aromatic carbocycles. The van der Waals surface area contributed by atoms with Crippen LogP contribution in [0.3, 0.4) is 0 Å². The standard InChI is InChI=1S/C24H34N4O4S/c1-24(2,3)19-6-8-20(9-7-19)33(30,31)27-21-17-18(23(29)26-13-16-32-4)5-10-22(21)28-14-11-25-12-15-28/h5-10,17,25,27H,11-16H2,1-4H3,(H,26,29). The van der Waals surface area contributed by atoms with Gasteiger partial charge in [0.25, 0.3) is 15.9 Å². The Morgan fingerprint density at radius 2 is 1.76 bits per heavy atom. The molecule has 3 N–H and O–H groups in total. The van der Waals surface area contributed by atoms with Gasteiger partial charge in [0.1, 0.15) is 0 Å². The molecule has 33 heavy (non-hydrogen) atoms. The second-order valence-corrected chi connectivity index (χ2v) is 10.8. The van der Waals surface area contributed by atoms with Crippen LogP contribution in [0, 0.1) is 0 Å². The minimum absolute atomic E-state index is 0.0737. The number of methoxy groups -OCH3 is 1. The Morgan fingerprint density at radius 3 is 2.36 bits per heavy atom. The lowest BCUT2D eigenvalue weighted by Gasteiger charge is -2.31. The zero-order valence-corrected chi connectivity index (χ0v) is 20.6. The first-order valence-corrected chi connectivity index (χ1v) is 12.6. The molecule has 1 fully saturated rings. The van der Waals surface area contributed by atoms with Gasteiger partial charge in [0.15, 0.2) is 0 Å². The highest BCUT2D eigenvalue weighted by atomic mass is 32.2. The summed E-state index contributed by atoms with van der Waals surface area (Å²) in [5, 5.41) is 6.07. The SMILES string of the molecule is COCCNC(=O)c1ccc(N2CCNCC2)c(NS(=O)(=O)c2ccc(C(C)(C)C)cc2)c1. The Hall–Kier alpha value is -2.62. The third kappa shape index (κ3) is 6.46. The normalized spacial score (nSPS) is 14.7. The number of carbonyl (C=O) groups excluding carboxylic acids is 1. The van der Waals surface area contributed by atoms with Crippen LogP contribution in [0.2, 0.25) is 0 Å². The fraction of sp³-hybridized carbons (Fsp3) is 0.458. The molecule has 3 rings (SSSR count). The predicted octanol–water partition coefficient (Wildman–Crippen LogP) is 2.57. The Balaban J connectivity index is 1.92. The molecule has 180 valence electrons. The largest absolute Gasteiger partial charge is 0.383 e. The first kappa shape index (κ1) is 25.0. The topological polar surface area (TPSA) is 99.8 Å². The summed E-state index contributed by atoms with van der Waals surface area (Å²) < 4.78 is 34.2. The summed E-state index contributed by atoms with van der Waals surface area (Å²) in [4.78, 5) is 14.9. The van der Waals surface area contributed by atoms with Crippen molar-refractivity contribution in [2.75, 3.05) is 56.1 Å². The molecule has 1 aliphatic rings. The number of piperazine rings is 1. The van der Waals surface area contributed by atoms with Crippen molar-refractivity contribution in [2.45, 2.75) is 31.1 Å². The second-order valence-electron chi connectivity index (χ2n) is 9.10. The number of nitrogens with one attached hydrogen (secondary N) is 3. The van der Waals surface area contributed by atoms with Gasteiger partial charge < -0.3 is 20.3 Å². The number of ether oxygens (including phenoxy) is 1. The summed E-state index contributed by atoms with van der Waals surface area (Å²) in [5.41, 5.74) is 2.50. The molecule has 1 amide bonds. The fourth-order valence-electron chi connectivity index (χ4n) is 3.65. The summed E-state index contributed by atoms with van der Waals surface area (Å²) in [7, 11) is -2.28. The summed E-state index contributed by atoms with van der Waals surface area (Å²) in [6.45, 7) is 10.1. The van der Waals surface area contributed by atoms with Crippen molar-refractivity contribution in [2.24, 2.45) is 0 Å². The van der Waals surface area contributed by atoms with Gasteiger partial charge in [-0.3, -0.25) is 9.52 Å². The maximum Gasteiger partial charge on any atom is 0.261 e. The number of hydrogen-bond donors (Lipinski definition) is 3. The monoisotopic (exact) mass is 474 g/mol. The van der Waals surface area contributed by atoms with Crippen LogP contribution in [0.25, 0.3) is 0 Å². The van der Waals surface area contributed by atoms with Gasteiger partial charge in [-0.1, -0.05) is 32.9 Å². The van der Waals surface area contributed by atoms with E-state index >= 15 is 0 Å². The first-order valence-electron chi connectivity index (χ1n) is 11.1. The van der Waals surface area contributed by atoms with Gasteiger partial charge in [-0.15, -0.1) is 0 Å². The van der Waals surface area contributed by atoms with Crippen molar-refractivity contribution in [3.8, 4) is 0 Å². The zero-order chi connectivity index (χ0) is 24.1. The zero-order valence-electron chi connectivity index (χ0n) is 19.8. The maximum absolute atomic E-state index is 13.2. The van der Waals surface area contributed by atoms with Gasteiger partial charge in [0.2, 0.25) is 0 Å². The van der Waals surface area contributed by atoms with Crippen molar-refractivity contribution in [3.05, 3.63) is 53.6 Å². The van der Waals surface area contributed by atoms with Crippen LogP contribution in [-0.4, -0.2) is 60.8 Å². The van der Waals surface area contributed by atoms with E-state index in [1.807, 2.05) is 12.1 Å². The minimum atomic E-state index is -3.84. The molecule has 0 aliphatic carbocycles. The van der Waals surface area contributed by atoms with Crippen molar-refractivity contribution >= 4 is 27.3 Å². The van der Waals surface area contributed by atoms with E-state index in [0.717, 1.165) is 37.4 Å². The number of carbonyl (C=O) groups is 1. The third-order valence-corrected chi connectivity index (χ3v) is 6.96. The van der Waals surface area contributed by atoms with Crippen LogP contribution >= 0.6 is 0 Å². The molecule has 0 unspecified atom stereocenters. The number of anilines is 2. The minimum Gasteiger partial charge on any atom is -0.383 e. The molecule has 0 bridgehead atoms. The molecule has 1 heterocycles. The molecule has 9 heteroatoms. The van der Waals surface area contributed by atoms with E-state index in [2.05, 4.69) is 41.0 Å². The number of sulfonamides is 1. The van der Waals surface area contributed by atoms with E-state index in [-0.39, 0.29) is 16.2 Å². The lowest BCUT2D eigenvalue weighted by Crippen LogP contribution is -2.43. The van der Waals surface area contributed by atoms with Crippen LogP contribution in [-0.2, 0) is 20.2 Å². The van der Waals surface area contributed by atoms with E-state index in [1.165, 1.54) is 0 Å². The molecule has 0 radical (unpaired) electrons. The Kier molecular flexibility index (Phi) is 7.99. The first-order chi connectivity index (χ1) is 15.6. The van der Waals surface area contributed by atoms with Crippen molar-refractivity contribution in [3.63, 3.8) is 0 Å². The molecule has 8 nitrogen and oxygen atoms in total. The number of hydrogen-bond acceptors (Lipinski definition) is 6. The van der Waals surface area contributed by atoms with Gasteiger partial charge in [-0.25, -0.2) is 8.42 Å². The summed E-state index contributed by atoms with van der Waals surface area (Å²) >= 11 is 0. The molecule has 0 atom stereocenters. The molecule has 1 aliphatic heterocycles. The molecule has 1 saturated heterocycles. The molecule has 2 aromatic rings. The number of rotatable bonds is 8. The number of amides is 1. The average Bonchev–Trinajstić information content (AvgIpc) is 2.79. The van der Waals surface area contributed by atoms with E-state index in [4.69, 9.17) is 4.74 Å². The predicted molar refractivity (Wildman–Crippen MR) is 132 cm³/mol. The molecular weight excluding hydrogens is 440 g/mol. The van der Waals surface area contributed by atoms with Crippen molar-refractivity contribution < 1.29 is 17.9 Å². The number of benzene rings is 2. The maximum atomic E-state index is 13.2. The van der Waals surface area contributed by atoms with Crippen LogP contribution in [0.1, 0.15) is 36.7 Å². The molecular formula is C24H34N4O4S. The van der Waals surface area contributed by atoms with Crippen LogP contribution < -0.4 is 20.3 Å². The van der Waals surface area contributed by atoms with Crippen LogP contribution in [0.4, 0.5) is 11.4 Å². The Morgan fingerprint density at radius 1 is 1.09 bits per heavy atom. The number of nitrogens with zero attached hydrogens (tertiary/aromatic N) is 1. The highest BCUT2D eigenvalue weighted by molar-refractivity contribution is 7.92. The quantitative estimate of drug-likeness (QED) is 0.509. The summed E-state index contributed by atoms with van der Waals surface area (Å²) in [6, 6.07) is 12.0. The van der Waals surface area contributed by atoms with E-state index in [9.17, 15) is 13.2 Å². The fourth-order valence-corrected chi connectivity index (χ4v) is 4.71. The highest BCUT2D eigenvalue weighted by Crippen LogP contribution is 2.31. The molecule has 0 spiro atoms. The summed E-state index contributed by atoms with van der Waals surface area (Å²) in [6.07, 6.45) is 0. The third-order valence-electron chi connectivity index (χ3n) is 5.58. The van der Waals surface area contributed by atoms with Gasteiger partial charge in [-0.2, -0.15) is 0 Å². The molecule has 0 saturated carbocycles. The lowest BCUT2D eigenvalue weighted by molar-refractivity contribution is 0.0937. The summed E-state index contributed by atoms with van der Waals surface area (Å²) in [5.74, 6) is -0.283. The van der Waals surface area contributed by atoms with Crippen molar-refractivity contribution in [1.82, 2.24) is 10.6 Å². The van der Waals surface area contributed by atoms with E-state index in [1.54, 1.807) is 37.4 Å². The van der Waals surface area contributed by atoms with Crippen LogP contribution in [0.15, 0.2) is 47.4 Å². The van der Waals surface area contributed by atoms with Gasteiger partial charge >= 0.3 is 0 Å². The molecule has 0 aromatic heterocycles. The Bertz CT molecular complexity index is 1060. The van der Waals surface area contributed by atoms with Gasteiger partial charge in [-0.05, 0) is 41.3 Å².